The van der Waals surface area contributed by atoms with Crippen molar-refractivity contribution in [2.45, 2.75) is 26.7 Å². The van der Waals surface area contributed by atoms with E-state index in [1.54, 1.807) is 13.8 Å². The molecule has 1 unspecified atom stereocenters. The molecular weight excluding hydrogens is 248 g/mol. The summed E-state index contributed by atoms with van der Waals surface area (Å²) >= 11 is 0. The molecular formula is C13H24N2O4. The molecule has 3 N–H and O–H groups in total. The zero-order chi connectivity index (χ0) is 14.5. The van der Waals surface area contributed by atoms with E-state index in [0.29, 0.717) is 19.0 Å². The predicted molar refractivity (Wildman–Crippen MR) is 71.1 cm³/mol. The van der Waals surface area contributed by atoms with E-state index in [1.807, 2.05) is 0 Å². The third kappa shape index (κ3) is 5.57. The topological polar surface area (TPSA) is 89.9 Å². The number of rotatable bonds is 7. The smallest absolute Gasteiger partial charge is 0.317 e. The van der Waals surface area contributed by atoms with E-state index in [0.717, 1.165) is 25.9 Å². The fraction of sp³-hybridized carbons (Fsp3) is 0.846. The van der Waals surface area contributed by atoms with E-state index in [2.05, 4.69) is 10.2 Å². The largest absolute Gasteiger partial charge is 0.481 e. The SMILES string of the molecule is CC(C)(CN1CCCC(CNCC(=O)O)C1)C(=O)O. The van der Waals surface area contributed by atoms with Gasteiger partial charge in [-0.2, -0.15) is 0 Å². The fourth-order valence-corrected chi connectivity index (χ4v) is 2.47. The van der Waals surface area contributed by atoms with E-state index in [4.69, 9.17) is 10.2 Å². The molecule has 0 aromatic rings. The number of likely N-dealkylation sites (tertiary alicyclic amines) is 1. The highest BCUT2D eigenvalue weighted by Crippen LogP contribution is 2.22. The first-order chi connectivity index (χ1) is 8.81. The molecule has 19 heavy (non-hydrogen) atoms. The summed E-state index contributed by atoms with van der Waals surface area (Å²) in [5, 5.41) is 20.6. The van der Waals surface area contributed by atoms with Crippen LogP contribution in [0.4, 0.5) is 0 Å². The van der Waals surface area contributed by atoms with E-state index in [-0.39, 0.29) is 6.54 Å². The van der Waals surface area contributed by atoms with Crippen molar-refractivity contribution in [3.05, 3.63) is 0 Å². The molecule has 1 heterocycles. The zero-order valence-electron chi connectivity index (χ0n) is 11.7. The number of piperidine rings is 1. The van der Waals surface area contributed by atoms with E-state index in [9.17, 15) is 9.59 Å². The van der Waals surface area contributed by atoms with E-state index in [1.165, 1.54) is 0 Å². The Bertz CT molecular complexity index is 331. The summed E-state index contributed by atoms with van der Waals surface area (Å²) in [7, 11) is 0. The van der Waals surface area contributed by atoms with Crippen LogP contribution in [-0.2, 0) is 9.59 Å². The molecule has 1 atom stereocenters. The number of carbonyl (C=O) groups is 2. The molecule has 0 amide bonds. The summed E-state index contributed by atoms with van der Waals surface area (Å²) < 4.78 is 0. The van der Waals surface area contributed by atoms with Crippen molar-refractivity contribution >= 4 is 11.9 Å². The second-order valence-electron chi connectivity index (χ2n) is 5.96. The zero-order valence-corrected chi connectivity index (χ0v) is 11.7. The Balaban J connectivity index is 2.37. The van der Waals surface area contributed by atoms with Gasteiger partial charge in [0.25, 0.3) is 0 Å². The van der Waals surface area contributed by atoms with Gasteiger partial charge >= 0.3 is 11.9 Å². The van der Waals surface area contributed by atoms with E-state index < -0.39 is 17.4 Å². The minimum atomic E-state index is -0.848. The number of nitrogens with one attached hydrogen (secondary N) is 1. The molecule has 1 aliphatic heterocycles. The molecule has 0 aromatic carbocycles. The Morgan fingerprint density at radius 2 is 2.05 bits per heavy atom. The van der Waals surface area contributed by atoms with Gasteiger partial charge in [-0.25, -0.2) is 0 Å². The van der Waals surface area contributed by atoms with E-state index >= 15 is 0 Å². The van der Waals surface area contributed by atoms with Crippen molar-refractivity contribution in [2.75, 3.05) is 32.7 Å². The summed E-state index contributed by atoms with van der Waals surface area (Å²) in [4.78, 5) is 23.7. The Hall–Kier alpha value is -1.14. The number of hydrogen-bond acceptors (Lipinski definition) is 4. The summed E-state index contributed by atoms with van der Waals surface area (Å²) in [6.07, 6.45) is 2.10. The number of aliphatic carboxylic acids is 2. The second kappa shape index (κ2) is 6.86. The van der Waals surface area contributed by atoms with Gasteiger partial charge in [0.05, 0.1) is 12.0 Å². The molecule has 0 spiro atoms. The molecule has 1 fully saturated rings. The van der Waals surface area contributed by atoms with Crippen LogP contribution in [0.15, 0.2) is 0 Å². The average molecular weight is 272 g/mol. The summed E-state index contributed by atoms with van der Waals surface area (Å²) in [5.74, 6) is -1.23. The van der Waals surface area contributed by atoms with Crippen molar-refractivity contribution in [3.63, 3.8) is 0 Å². The van der Waals surface area contributed by atoms with Gasteiger partial charge in [-0.15, -0.1) is 0 Å². The van der Waals surface area contributed by atoms with Crippen LogP contribution in [0.5, 0.6) is 0 Å². The second-order valence-corrected chi connectivity index (χ2v) is 5.96. The monoisotopic (exact) mass is 272 g/mol. The van der Waals surface area contributed by atoms with Crippen LogP contribution in [-0.4, -0.2) is 59.8 Å². The van der Waals surface area contributed by atoms with Gasteiger partial charge in [0.15, 0.2) is 0 Å². The lowest BCUT2D eigenvalue weighted by Crippen LogP contribution is -2.46. The molecule has 110 valence electrons. The highest BCUT2D eigenvalue weighted by molar-refractivity contribution is 5.73. The molecule has 0 bridgehead atoms. The molecule has 0 saturated carbocycles. The first kappa shape index (κ1) is 15.9. The van der Waals surface area contributed by atoms with Crippen LogP contribution in [0.2, 0.25) is 0 Å². The van der Waals surface area contributed by atoms with Gasteiger partial charge in [0, 0.05) is 13.1 Å². The van der Waals surface area contributed by atoms with Crippen LogP contribution < -0.4 is 5.32 Å². The van der Waals surface area contributed by atoms with Crippen molar-refractivity contribution in [2.24, 2.45) is 11.3 Å². The first-order valence-corrected chi connectivity index (χ1v) is 6.69. The van der Waals surface area contributed by atoms with Gasteiger partial charge in [0.2, 0.25) is 0 Å². The minimum Gasteiger partial charge on any atom is -0.481 e. The summed E-state index contributed by atoms with van der Waals surface area (Å²) in [5.41, 5.74) is -0.740. The van der Waals surface area contributed by atoms with Crippen molar-refractivity contribution in [1.82, 2.24) is 10.2 Å². The maximum atomic E-state index is 11.1. The number of hydrogen-bond donors (Lipinski definition) is 3. The molecule has 1 saturated heterocycles. The average Bonchev–Trinajstić information content (AvgIpc) is 2.28. The van der Waals surface area contributed by atoms with Crippen LogP contribution >= 0.6 is 0 Å². The molecule has 1 rings (SSSR count). The first-order valence-electron chi connectivity index (χ1n) is 6.69. The molecule has 1 aliphatic rings. The van der Waals surface area contributed by atoms with Crippen molar-refractivity contribution in [3.8, 4) is 0 Å². The highest BCUT2D eigenvalue weighted by Gasteiger charge is 2.31. The Morgan fingerprint density at radius 3 is 2.63 bits per heavy atom. The quantitative estimate of drug-likeness (QED) is 0.625. The van der Waals surface area contributed by atoms with Gasteiger partial charge in [-0.1, -0.05) is 0 Å². The van der Waals surface area contributed by atoms with Crippen LogP contribution in [0.1, 0.15) is 26.7 Å². The normalized spacial score (nSPS) is 21.3. The van der Waals surface area contributed by atoms with Crippen LogP contribution in [0.25, 0.3) is 0 Å². The third-order valence-corrected chi connectivity index (χ3v) is 3.51. The highest BCUT2D eigenvalue weighted by atomic mass is 16.4. The lowest BCUT2D eigenvalue weighted by atomic mass is 9.90. The molecule has 0 aliphatic carbocycles. The number of carboxylic acids is 2. The van der Waals surface area contributed by atoms with Crippen molar-refractivity contribution < 1.29 is 19.8 Å². The molecule has 6 nitrogen and oxygen atoms in total. The van der Waals surface area contributed by atoms with Crippen LogP contribution in [0.3, 0.4) is 0 Å². The Kier molecular flexibility index (Phi) is 5.75. The fourth-order valence-electron chi connectivity index (χ4n) is 2.47. The molecule has 0 aromatic heterocycles. The predicted octanol–water partition coefficient (Wildman–Crippen LogP) is 0.483. The van der Waals surface area contributed by atoms with Gasteiger partial charge in [-0.05, 0) is 45.7 Å². The number of carboxylic acid groups (broad SMARTS) is 2. The maximum absolute atomic E-state index is 11.1. The van der Waals surface area contributed by atoms with Crippen LogP contribution in [0, 0.1) is 11.3 Å². The standard InChI is InChI=1S/C13H24N2O4/c1-13(2,12(18)19)9-15-5-3-4-10(8-15)6-14-7-11(16)17/h10,14H,3-9H2,1-2H3,(H,16,17)(H,18,19). The van der Waals surface area contributed by atoms with Gasteiger partial charge < -0.3 is 20.4 Å². The summed E-state index contributed by atoms with van der Waals surface area (Å²) in [6.45, 7) is 6.43. The Morgan fingerprint density at radius 1 is 1.37 bits per heavy atom. The molecule has 6 heteroatoms. The lowest BCUT2D eigenvalue weighted by molar-refractivity contribution is -0.148. The third-order valence-electron chi connectivity index (χ3n) is 3.51. The van der Waals surface area contributed by atoms with Crippen molar-refractivity contribution in [1.29, 1.82) is 0 Å². The molecule has 0 radical (unpaired) electrons. The van der Waals surface area contributed by atoms with Gasteiger partial charge in [0.1, 0.15) is 0 Å². The number of nitrogens with zero attached hydrogens (tertiary/aromatic N) is 1. The van der Waals surface area contributed by atoms with Gasteiger partial charge in [-0.3, -0.25) is 9.59 Å². The maximum Gasteiger partial charge on any atom is 0.317 e. The lowest BCUT2D eigenvalue weighted by Gasteiger charge is -2.36. The summed E-state index contributed by atoms with van der Waals surface area (Å²) in [6, 6.07) is 0. The Labute approximate surface area is 113 Å². The minimum absolute atomic E-state index is 0.0167.